The first-order chi connectivity index (χ1) is 8.52. The molecule has 0 saturated heterocycles. The monoisotopic (exact) mass is 254 g/mol. The number of nitrogens with one attached hydrogen (secondary N) is 1. The summed E-state index contributed by atoms with van der Waals surface area (Å²) in [6.45, 7) is 7.90. The van der Waals surface area contributed by atoms with Gasteiger partial charge in [0, 0.05) is 13.1 Å². The Morgan fingerprint density at radius 1 is 1.39 bits per heavy atom. The summed E-state index contributed by atoms with van der Waals surface area (Å²) in [4.78, 5) is 12.0. The van der Waals surface area contributed by atoms with E-state index in [0.717, 1.165) is 18.9 Å². The highest BCUT2D eigenvalue weighted by Gasteiger charge is 2.22. The molecular formula is C15H30N2O. The van der Waals surface area contributed by atoms with E-state index in [1.54, 1.807) is 0 Å². The van der Waals surface area contributed by atoms with Gasteiger partial charge in [-0.2, -0.15) is 0 Å². The maximum absolute atomic E-state index is 12.0. The van der Waals surface area contributed by atoms with E-state index in [1.165, 1.54) is 25.7 Å². The van der Waals surface area contributed by atoms with Crippen molar-refractivity contribution in [2.75, 3.05) is 13.1 Å². The van der Waals surface area contributed by atoms with Crippen LogP contribution in [-0.4, -0.2) is 19.0 Å². The maximum Gasteiger partial charge on any atom is 0.224 e. The maximum atomic E-state index is 12.0. The number of amides is 1. The minimum atomic E-state index is -0.00832. The molecule has 3 nitrogen and oxygen atoms in total. The molecule has 0 aliphatic heterocycles. The predicted octanol–water partition coefficient (Wildman–Crippen LogP) is 2.55. The van der Waals surface area contributed by atoms with Crippen LogP contribution in [0.2, 0.25) is 0 Å². The predicted molar refractivity (Wildman–Crippen MR) is 76.1 cm³/mol. The van der Waals surface area contributed by atoms with Crippen molar-refractivity contribution in [2.24, 2.45) is 29.4 Å². The molecule has 3 heteroatoms. The largest absolute Gasteiger partial charge is 0.356 e. The lowest BCUT2D eigenvalue weighted by Crippen LogP contribution is -2.39. The van der Waals surface area contributed by atoms with Crippen LogP contribution in [0.25, 0.3) is 0 Å². The van der Waals surface area contributed by atoms with Crippen molar-refractivity contribution in [3.8, 4) is 0 Å². The number of nitrogens with two attached hydrogens (primary N) is 1. The minimum absolute atomic E-state index is 0.00832. The van der Waals surface area contributed by atoms with Gasteiger partial charge in [-0.1, -0.05) is 33.6 Å². The third kappa shape index (κ3) is 5.38. The molecule has 1 fully saturated rings. The van der Waals surface area contributed by atoms with E-state index in [9.17, 15) is 4.79 Å². The molecule has 1 aliphatic carbocycles. The number of rotatable bonds is 6. The minimum Gasteiger partial charge on any atom is -0.356 e. The quantitative estimate of drug-likeness (QED) is 0.765. The smallest absolute Gasteiger partial charge is 0.224 e. The second-order valence-electron chi connectivity index (χ2n) is 6.45. The van der Waals surface area contributed by atoms with Crippen LogP contribution in [0.4, 0.5) is 0 Å². The molecule has 3 atom stereocenters. The zero-order valence-corrected chi connectivity index (χ0v) is 12.2. The van der Waals surface area contributed by atoms with Crippen LogP contribution in [0.3, 0.4) is 0 Å². The van der Waals surface area contributed by atoms with Crippen molar-refractivity contribution >= 4 is 5.91 Å². The second kappa shape index (κ2) is 7.78. The van der Waals surface area contributed by atoms with Crippen LogP contribution in [0, 0.1) is 23.7 Å². The van der Waals surface area contributed by atoms with Gasteiger partial charge in [0.25, 0.3) is 0 Å². The van der Waals surface area contributed by atoms with E-state index in [-0.39, 0.29) is 11.8 Å². The van der Waals surface area contributed by atoms with Crippen molar-refractivity contribution in [1.29, 1.82) is 0 Å². The molecule has 0 bridgehead atoms. The summed E-state index contributed by atoms with van der Waals surface area (Å²) in [6, 6.07) is 0. The highest BCUT2D eigenvalue weighted by atomic mass is 16.1. The summed E-state index contributed by atoms with van der Waals surface area (Å²) in [7, 11) is 0. The molecular weight excluding hydrogens is 224 g/mol. The van der Waals surface area contributed by atoms with Gasteiger partial charge >= 0.3 is 0 Å². The number of hydrogen-bond acceptors (Lipinski definition) is 2. The van der Waals surface area contributed by atoms with Gasteiger partial charge in [0.15, 0.2) is 0 Å². The molecule has 3 unspecified atom stereocenters. The molecule has 3 N–H and O–H groups in total. The summed E-state index contributed by atoms with van der Waals surface area (Å²) < 4.78 is 0. The Bertz CT molecular complexity index is 253. The number of hydrogen-bond donors (Lipinski definition) is 2. The first kappa shape index (κ1) is 15.5. The Morgan fingerprint density at radius 2 is 2.11 bits per heavy atom. The topological polar surface area (TPSA) is 55.1 Å². The fourth-order valence-corrected chi connectivity index (χ4v) is 3.01. The highest BCUT2D eigenvalue weighted by Crippen LogP contribution is 2.28. The van der Waals surface area contributed by atoms with Gasteiger partial charge in [0.05, 0.1) is 5.92 Å². The number of carbonyl (C=O) groups is 1. The second-order valence-corrected chi connectivity index (χ2v) is 6.45. The summed E-state index contributed by atoms with van der Waals surface area (Å²) in [6.07, 6.45) is 6.08. The lowest BCUT2D eigenvalue weighted by molar-refractivity contribution is -0.125. The molecule has 106 valence electrons. The van der Waals surface area contributed by atoms with Crippen LogP contribution < -0.4 is 11.1 Å². The average molecular weight is 254 g/mol. The van der Waals surface area contributed by atoms with Gasteiger partial charge in [-0.05, 0) is 37.0 Å². The van der Waals surface area contributed by atoms with Gasteiger partial charge < -0.3 is 11.1 Å². The molecule has 0 aromatic rings. The van der Waals surface area contributed by atoms with Crippen LogP contribution in [0.1, 0.15) is 52.9 Å². The lowest BCUT2D eigenvalue weighted by Gasteiger charge is -2.27. The van der Waals surface area contributed by atoms with Crippen molar-refractivity contribution in [2.45, 2.75) is 52.9 Å². The first-order valence-corrected chi connectivity index (χ1v) is 7.50. The van der Waals surface area contributed by atoms with E-state index < -0.39 is 0 Å². The SMILES string of the molecule is CC(C)CC(CN)C(=O)NCC1CCCC(C)C1. The van der Waals surface area contributed by atoms with E-state index >= 15 is 0 Å². The number of carbonyl (C=O) groups excluding carboxylic acids is 1. The summed E-state index contributed by atoms with van der Waals surface area (Å²) in [5.74, 6) is 2.17. The highest BCUT2D eigenvalue weighted by molar-refractivity contribution is 5.78. The van der Waals surface area contributed by atoms with Gasteiger partial charge in [-0.25, -0.2) is 0 Å². The van der Waals surface area contributed by atoms with Gasteiger partial charge in [0.2, 0.25) is 5.91 Å². The van der Waals surface area contributed by atoms with Crippen LogP contribution in [0.5, 0.6) is 0 Å². The molecule has 0 aromatic carbocycles. The van der Waals surface area contributed by atoms with E-state index in [4.69, 9.17) is 5.73 Å². The third-order valence-electron chi connectivity index (χ3n) is 4.02. The fraction of sp³-hybridized carbons (Fsp3) is 0.933. The van der Waals surface area contributed by atoms with Crippen LogP contribution in [-0.2, 0) is 4.79 Å². The molecule has 0 spiro atoms. The van der Waals surface area contributed by atoms with Crippen LogP contribution in [0.15, 0.2) is 0 Å². The van der Waals surface area contributed by atoms with Crippen molar-refractivity contribution in [3.05, 3.63) is 0 Å². The van der Waals surface area contributed by atoms with Crippen molar-refractivity contribution < 1.29 is 4.79 Å². The fourth-order valence-electron chi connectivity index (χ4n) is 3.01. The summed E-state index contributed by atoms with van der Waals surface area (Å²) in [5.41, 5.74) is 5.69. The summed E-state index contributed by atoms with van der Waals surface area (Å²) in [5, 5.41) is 3.11. The van der Waals surface area contributed by atoms with Crippen LogP contribution >= 0.6 is 0 Å². The molecule has 1 saturated carbocycles. The Balaban J connectivity index is 2.30. The average Bonchev–Trinajstić information content (AvgIpc) is 2.33. The summed E-state index contributed by atoms with van der Waals surface area (Å²) >= 11 is 0. The Labute approximate surface area is 112 Å². The standard InChI is InChI=1S/C15H30N2O/c1-11(2)7-14(9-16)15(18)17-10-13-6-4-5-12(3)8-13/h11-14H,4-10,16H2,1-3H3,(H,17,18). The molecule has 0 heterocycles. The molecule has 1 rings (SSSR count). The van der Waals surface area contributed by atoms with Crippen molar-refractivity contribution in [1.82, 2.24) is 5.32 Å². The van der Waals surface area contributed by atoms with Gasteiger partial charge in [0.1, 0.15) is 0 Å². The lowest BCUT2D eigenvalue weighted by atomic mass is 9.82. The van der Waals surface area contributed by atoms with E-state index in [1.807, 2.05) is 0 Å². The van der Waals surface area contributed by atoms with E-state index in [0.29, 0.717) is 18.4 Å². The molecule has 1 aliphatic rings. The zero-order valence-electron chi connectivity index (χ0n) is 12.2. The Morgan fingerprint density at radius 3 is 2.67 bits per heavy atom. The zero-order chi connectivity index (χ0) is 13.5. The van der Waals surface area contributed by atoms with Gasteiger partial charge in [-0.3, -0.25) is 4.79 Å². The van der Waals surface area contributed by atoms with Crippen molar-refractivity contribution in [3.63, 3.8) is 0 Å². The molecule has 18 heavy (non-hydrogen) atoms. The van der Waals surface area contributed by atoms with E-state index in [2.05, 4.69) is 26.1 Å². The Kier molecular flexibility index (Phi) is 6.69. The molecule has 0 aromatic heterocycles. The molecule has 0 radical (unpaired) electrons. The van der Waals surface area contributed by atoms with Gasteiger partial charge in [-0.15, -0.1) is 0 Å². The Hall–Kier alpha value is -0.570. The first-order valence-electron chi connectivity index (χ1n) is 7.50. The molecule has 1 amide bonds. The third-order valence-corrected chi connectivity index (χ3v) is 4.02. The normalized spacial score (nSPS) is 26.1.